The highest BCUT2D eigenvalue weighted by atomic mass is 35.5. The lowest BCUT2D eigenvalue weighted by Crippen LogP contribution is -2.32. The van der Waals surface area contributed by atoms with Crippen LogP contribution >= 0.6 is 11.6 Å². The predicted octanol–water partition coefficient (Wildman–Crippen LogP) is 4.27. The van der Waals surface area contributed by atoms with Crippen molar-refractivity contribution >= 4 is 28.5 Å². The molecule has 1 amide bonds. The zero-order chi connectivity index (χ0) is 24.5. The second-order valence-corrected chi connectivity index (χ2v) is 8.30. The normalized spacial score (nSPS) is 12.1. The Morgan fingerprint density at radius 2 is 1.79 bits per heavy atom. The number of hydrogen-bond donors (Lipinski definition) is 1. The van der Waals surface area contributed by atoms with E-state index in [-0.39, 0.29) is 29.7 Å². The van der Waals surface area contributed by atoms with Crippen molar-refractivity contribution in [1.82, 2.24) is 14.0 Å². The summed E-state index contributed by atoms with van der Waals surface area (Å²) in [5, 5.41) is 0.346. The molecule has 0 aliphatic heterocycles. The van der Waals surface area contributed by atoms with Crippen LogP contribution in [-0.2, 0) is 19.3 Å². The van der Waals surface area contributed by atoms with Crippen molar-refractivity contribution in [1.29, 1.82) is 0 Å². The van der Waals surface area contributed by atoms with Gasteiger partial charge in [-0.3, -0.25) is 13.9 Å². The fourth-order valence-electron chi connectivity index (χ4n) is 3.95. The van der Waals surface area contributed by atoms with E-state index in [0.717, 1.165) is 23.2 Å². The lowest BCUT2D eigenvalue weighted by molar-refractivity contribution is -0.136. The van der Waals surface area contributed by atoms with E-state index >= 15 is 0 Å². The van der Waals surface area contributed by atoms with E-state index in [0.29, 0.717) is 23.2 Å². The van der Waals surface area contributed by atoms with Gasteiger partial charge < -0.3 is 10.6 Å². The Morgan fingerprint density at radius 3 is 2.36 bits per heavy atom. The zero-order valence-corrected chi connectivity index (χ0v) is 19.4. The highest BCUT2D eigenvalue weighted by molar-refractivity contribution is 6.31. The molecule has 0 atom stereocenters. The van der Waals surface area contributed by atoms with Gasteiger partial charge in [-0.25, -0.2) is 4.79 Å². The molecule has 0 bridgehead atoms. The van der Waals surface area contributed by atoms with Crippen LogP contribution in [-0.4, -0.2) is 39.6 Å². The molecule has 0 spiro atoms. The smallest absolute Gasteiger partial charge is 0.366 e. The number of fused-ring (bicyclic) bond motifs is 1. The van der Waals surface area contributed by atoms with Gasteiger partial charge in [-0.05, 0) is 43.8 Å². The Hall–Kier alpha value is -2.78. The molecule has 0 fully saturated rings. The number of likely N-dealkylation sites (N-methyl/N-ethyl adjacent to an activating group) is 1. The number of carbonyl (C=O) groups excluding carboxylic acids is 1. The number of aryl methyl sites for hydroxylation is 1. The van der Waals surface area contributed by atoms with Crippen LogP contribution in [0.1, 0.15) is 40.9 Å². The van der Waals surface area contributed by atoms with Crippen molar-refractivity contribution in [3.8, 4) is 0 Å². The van der Waals surface area contributed by atoms with Crippen molar-refractivity contribution in [3.05, 3.63) is 68.1 Å². The van der Waals surface area contributed by atoms with E-state index in [1.165, 1.54) is 10.6 Å². The number of rotatable bonds is 8. The lowest BCUT2D eigenvalue weighted by atomic mass is 10.1. The summed E-state index contributed by atoms with van der Waals surface area (Å²) in [6, 6.07) is 7.12. The van der Waals surface area contributed by atoms with Crippen LogP contribution in [0.3, 0.4) is 0 Å². The molecular formula is C23H26ClF3N4O2. The molecule has 0 radical (unpaired) electrons. The number of aromatic nitrogens is 2. The van der Waals surface area contributed by atoms with Gasteiger partial charge in [0.25, 0.3) is 0 Å². The molecule has 0 saturated carbocycles. The van der Waals surface area contributed by atoms with Crippen LogP contribution < -0.4 is 11.4 Å². The average Bonchev–Trinajstić information content (AvgIpc) is 3.01. The Balaban J connectivity index is 2.32. The summed E-state index contributed by atoms with van der Waals surface area (Å²) in [6.07, 6.45) is -4.81. The van der Waals surface area contributed by atoms with Gasteiger partial charge in [-0.2, -0.15) is 13.2 Å². The third-order valence-corrected chi connectivity index (χ3v) is 6.13. The van der Waals surface area contributed by atoms with Gasteiger partial charge in [-0.1, -0.05) is 43.1 Å². The topological polar surface area (TPSA) is 73.3 Å². The number of alkyl halides is 3. The summed E-state index contributed by atoms with van der Waals surface area (Å²) in [6.45, 7) is 7.67. The molecule has 33 heavy (non-hydrogen) atoms. The molecule has 0 aliphatic rings. The first-order chi connectivity index (χ1) is 15.5. The number of imidazole rings is 1. The Labute approximate surface area is 194 Å². The first-order valence-corrected chi connectivity index (χ1v) is 11.0. The molecule has 0 aliphatic carbocycles. The molecule has 1 heterocycles. The summed E-state index contributed by atoms with van der Waals surface area (Å²) in [7, 11) is 0. The van der Waals surface area contributed by atoms with Crippen molar-refractivity contribution in [2.75, 3.05) is 19.6 Å². The highest BCUT2D eigenvalue weighted by Gasteiger charge is 2.36. The van der Waals surface area contributed by atoms with Gasteiger partial charge in [0, 0.05) is 23.7 Å². The molecule has 2 N–H and O–H groups in total. The van der Waals surface area contributed by atoms with Gasteiger partial charge in [0.1, 0.15) is 0 Å². The highest BCUT2D eigenvalue weighted by Crippen LogP contribution is 2.36. The van der Waals surface area contributed by atoms with Crippen molar-refractivity contribution < 1.29 is 18.0 Å². The molecule has 3 aromatic rings. The standard InChI is InChI=1S/C23H26ClF3N4O2/c1-4-29(5-2)8-9-30-19-12-15(21(28)32)11-17(23(25,26)27)20(19)31(22(30)33)13-16-10-14(3)6-7-18(16)24/h6-7,10-12H,4-5,8-9,13H2,1-3H3,(H2,28,32). The second kappa shape index (κ2) is 9.61. The minimum absolute atomic E-state index is 0.0135. The fourth-order valence-corrected chi connectivity index (χ4v) is 4.13. The van der Waals surface area contributed by atoms with Crippen LogP contribution in [0.15, 0.2) is 35.1 Å². The summed E-state index contributed by atoms with van der Waals surface area (Å²) in [4.78, 5) is 27.3. The monoisotopic (exact) mass is 482 g/mol. The first kappa shape index (κ1) is 24.9. The molecule has 0 unspecified atom stereocenters. The van der Waals surface area contributed by atoms with Crippen LogP contribution in [0.2, 0.25) is 5.02 Å². The SMILES string of the molecule is CCN(CC)CCn1c(=O)n(Cc2cc(C)ccc2Cl)c2c(C(F)(F)F)cc(C(N)=O)cc21. The maximum absolute atomic E-state index is 14.1. The molecule has 2 aromatic carbocycles. The Kier molecular flexibility index (Phi) is 7.23. The van der Waals surface area contributed by atoms with Crippen LogP contribution in [0.25, 0.3) is 11.0 Å². The molecular weight excluding hydrogens is 457 g/mol. The van der Waals surface area contributed by atoms with Crippen LogP contribution in [0.5, 0.6) is 0 Å². The third-order valence-electron chi connectivity index (χ3n) is 5.77. The fraction of sp³-hybridized carbons (Fsp3) is 0.391. The molecule has 3 rings (SSSR count). The molecule has 178 valence electrons. The van der Waals surface area contributed by atoms with Gasteiger partial charge in [-0.15, -0.1) is 0 Å². The maximum Gasteiger partial charge on any atom is 0.418 e. The van der Waals surface area contributed by atoms with Crippen molar-refractivity contribution in [2.24, 2.45) is 5.73 Å². The Bertz CT molecular complexity index is 1240. The average molecular weight is 483 g/mol. The van der Waals surface area contributed by atoms with Crippen LogP contribution in [0, 0.1) is 6.92 Å². The quantitative estimate of drug-likeness (QED) is 0.521. The van der Waals surface area contributed by atoms with Gasteiger partial charge >= 0.3 is 11.9 Å². The molecule has 1 aromatic heterocycles. The zero-order valence-electron chi connectivity index (χ0n) is 18.7. The summed E-state index contributed by atoms with van der Waals surface area (Å²) < 4.78 is 44.6. The number of benzene rings is 2. The number of primary amides is 1. The minimum atomic E-state index is -4.81. The summed E-state index contributed by atoms with van der Waals surface area (Å²) in [5.74, 6) is -1.00. The van der Waals surface area contributed by atoms with Crippen molar-refractivity contribution in [2.45, 2.75) is 40.0 Å². The predicted molar refractivity (Wildman–Crippen MR) is 123 cm³/mol. The first-order valence-electron chi connectivity index (χ1n) is 10.6. The van der Waals surface area contributed by atoms with E-state index in [4.69, 9.17) is 17.3 Å². The lowest BCUT2D eigenvalue weighted by Gasteiger charge is -2.18. The largest absolute Gasteiger partial charge is 0.418 e. The molecule has 10 heteroatoms. The van der Waals surface area contributed by atoms with Gasteiger partial charge in [0.05, 0.1) is 23.1 Å². The number of nitrogens with two attached hydrogens (primary N) is 1. The molecule has 0 saturated heterocycles. The minimum Gasteiger partial charge on any atom is -0.366 e. The number of carbonyl (C=O) groups is 1. The number of nitrogens with zero attached hydrogens (tertiary/aromatic N) is 3. The molecule has 6 nitrogen and oxygen atoms in total. The number of amides is 1. The van der Waals surface area contributed by atoms with Crippen molar-refractivity contribution in [3.63, 3.8) is 0 Å². The van der Waals surface area contributed by atoms with E-state index < -0.39 is 23.3 Å². The second-order valence-electron chi connectivity index (χ2n) is 7.90. The van der Waals surface area contributed by atoms with E-state index in [1.807, 2.05) is 20.8 Å². The van der Waals surface area contributed by atoms with E-state index in [1.54, 1.807) is 18.2 Å². The summed E-state index contributed by atoms with van der Waals surface area (Å²) in [5.41, 5.74) is 4.41. The number of hydrogen-bond acceptors (Lipinski definition) is 3. The van der Waals surface area contributed by atoms with Crippen LogP contribution in [0.4, 0.5) is 13.2 Å². The Morgan fingerprint density at radius 1 is 1.12 bits per heavy atom. The maximum atomic E-state index is 14.1. The number of halogens is 4. The van der Waals surface area contributed by atoms with Gasteiger partial charge in [0.2, 0.25) is 5.91 Å². The third kappa shape index (κ3) is 5.09. The van der Waals surface area contributed by atoms with Gasteiger partial charge in [0.15, 0.2) is 0 Å². The van der Waals surface area contributed by atoms with E-state index in [9.17, 15) is 22.8 Å². The van der Waals surface area contributed by atoms with E-state index in [2.05, 4.69) is 4.90 Å². The summed E-state index contributed by atoms with van der Waals surface area (Å²) >= 11 is 6.28.